The van der Waals surface area contributed by atoms with Crippen LogP contribution in [0.5, 0.6) is 0 Å². The normalized spacial score (nSPS) is 23.9. The molecule has 0 spiro atoms. The Kier molecular flexibility index (Phi) is 5.25. The van der Waals surface area contributed by atoms with Crippen molar-refractivity contribution in [2.75, 3.05) is 24.6 Å². The van der Waals surface area contributed by atoms with E-state index in [0.717, 1.165) is 37.6 Å². The van der Waals surface area contributed by atoms with Gasteiger partial charge in [0.15, 0.2) is 5.76 Å². The average Bonchev–Trinajstić information content (AvgIpc) is 2.98. The zero-order valence-corrected chi connectivity index (χ0v) is 13.3. The van der Waals surface area contributed by atoms with Crippen LogP contribution >= 0.6 is 11.8 Å². The molecule has 116 valence electrons. The highest BCUT2D eigenvalue weighted by Crippen LogP contribution is 2.18. The Labute approximate surface area is 130 Å². The summed E-state index contributed by atoms with van der Waals surface area (Å²) in [6, 6.07) is 4.05. The van der Waals surface area contributed by atoms with Crippen molar-refractivity contribution in [2.45, 2.75) is 44.7 Å². The fourth-order valence-electron chi connectivity index (χ4n) is 3.03. The van der Waals surface area contributed by atoms with Crippen LogP contribution in [0.1, 0.15) is 48.4 Å². The molecule has 1 aromatic heterocycles. The third-order valence-electron chi connectivity index (χ3n) is 4.21. The fraction of sp³-hybridized carbons (Fsp3) is 0.688. The van der Waals surface area contributed by atoms with Crippen LogP contribution in [0.2, 0.25) is 0 Å². The highest BCUT2D eigenvalue weighted by Gasteiger charge is 2.19. The van der Waals surface area contributed by atoms with Gasteiger partial charge in [0.2, 0.25) is 0 Å². The van der Waals surface area contributed by atoms with Gasteiger partial charge in [-0.3, -0.25) is 9.69 Å². The molecule has 3 heterocycles. The standard InChI is InChI=1S/C16H24N2O2S/c19-16(17-13-5-4-10-21-12-13)15-7-6-14(20-15)11-18-8-2-1-3-9-18/h6-7,13H,1-5,8-12H2,(H,17,19). The molecule has 1 atom stereocenters. The van der Waals surface area contributed by atoms with Gasteiger partial charge in [-0.1, -0.05) is 6.42 Å². The minimum Gasteiger partial charge on any atom is -0.455 e. The van der Waals surface area contributed by atoms with Gasteiger partial charge in [0.05, 0.1) is 6.54 Å². The summed E-state index contributed by atoms with van der Waals surface area (Å²) in [6.45, 7) is 3.11. The lowest BCUT2D eigenvalue weighted by Crippen LogP contribution is -2.38. The molecule has 0 radical (unpaired) electrons. The molecule has 1 N–H and O–H groups in total. The second kappa shape index (κ2) is 7.36. The zero-order chi connectivity index (χ0) is 14.5. The lowest BCUT2D eigenvalue weighted by molar-refractivity contribution is 0.0906. The second-order valence-corrected chi connectivity index (χ2v) is 7.14. The van der Waals surface area contributed by atoms with E-state index in [1.807, 2.05) is 23.9 Å². The number of rotatable bonds is 4. The maximum Gasteiger partial charge on any atom is 0.287 e. The van der Waals surface area contributed by atoms with Crippen molar-refractivity contribution in [2.24, 2.45) is 0 Å². The average molecular weight is 308 g/mol. The van der Waals surface area contributed by atoms with Crippen LogP contribution < -0.4 is 5.32 Å². The lowest BCUT2D eigenvalue weighted by Gasteiger charge is -2.25. The first-order chi connectivity index (χ1) is 10.3. The molecular weight excluding hydrogens is 284 g/mol. The van der Waals surface area contributed by atoms with E-state index in [9.17, 15) is 4.79 Å². The summed E-state index contributed by atoms with van der Waals surface area (Å²) in [7, 11) is 0. The summed E-state index contributed by atoms with van der Waals surface area (Å²) in [6.07, 6.45) is 6.15. The van der Waals surface area contributed by atoms with E-state index in [4.69, 9.17) is 4.42 Å². The van der Waals surface area contributed by atoms with Gasteiger partial charge in [-0.15, -0.1) is 0 Å². The van der Waals surface area contributed by atoms with Crippen LogP contribution in [0.25, 0.3) is 0 Å². The molecule has 0 aliphatic carbocycles. The number of furan rings is 1. The Morgan fingerprint density at radius 1 is 1.29 bits per heavy atom. The topological polar surface area (TPSA) is 45.5 Å². The first-order valence-electron chi connectivity index (χ1n) is 8.01. The summed E-state index contributed by atoms with van der Waals surface area (Å²) in [5, 5.41) is 3.08. The van der Waals surface area contributed by atoms with Crippen LogP contribution in [0.4, 0.5) is 0 Å². The maximum atomic E-state index is 12.2. The summed E-state index contributed by atoms with van der Waals surface area (Å²) < 4.78 is 5.73. The number of nitrogens with one attached hydrogen (secondary N) is 1. The van der Waals surface area contributed by atoms with E-state index < -0.39 is 0 Å². The Morgan fingerprint density at radius 2 is 2.14 bits per heavy atom. The lowest BCUT2D eigenvalue weighted by atomic mass is 10.1. The predicted octanol–water partition coefficient (Wildman–Crippen LogP) is 2.89. The molecule has 2 fully saturated rings. The number of amides is 1. The molecule has 1 unspecified atom stereocenters. The number of piperidine rings is 1. The van der Waals surface area contributed by atoms with Crippen molar-refractivity contribution in [1.29, 1.82) is 0 Å². The van der Waals surface area contributed by atoms with Gasteiger partial charge in [0.1, 0.15) is 5.76 Å². The summed E-state index contributed by atoms with van der Waals surface area (Å²) in [5.41, 5.74) is 0. The van der Waals surface area contributed by atoms with Crippen molar-refractivity contribution in [1.82, 2.24) is 10.2 Å². The molecule has 2 aliphatic heterocycles. The minimum absolute atomic E-state index is 0.0626. The first kappa shape index (κ1) is 15.0. The number of hydrogen-bond acceptors (Lipinski definition) is 4. The van der Waals surface area contributed by atoms with E-state index in [1.54, 1.807) is 0 Å². The third kappa shape index (κ3) is 4.27. The molecule has 2 saturated heterocycles. The van der Waals surface area contributed by atoms with E-state index in [-0.39, 0.29) is 5.91 Å². The number of thioether (sulfide) groups is 1. The van der Waals surface area contributed by atoms with Gasteiger partial charge < -0.3 is 9.73 Å². The molecule has 2 aliphatic rings. The number of hydrogen-bond donors (Lipinski definition) is 1. The SMILES string of the molecule is O=C(NC1CCCSC1)c1ccc(CN2CCCCC2)o1. The van der Waals surface area contributed by atoms with Gasteiger partial charge in [-0.2, -0.15) is 11.8 Å². The van der Waals surface area contributed by atoms with E-state index in [2.05, 4.69) is 10.2 Å². The second-order valence-electron chi connectivity index (χ2n) is 5.99. The van der Waals surface area contributed by atoms with Gasteiger partial charge in [0.25, 0.3) is 5.91 Å². The quantitative estimate of drug-likeness (QED) is 0.929. The maximum absolute atomic E-state index is 12.2. The van der Waals surface area contributed by atoms with Crippen LogP contribution in [0.3, 0.4) is 0 Å². The fourth-order valence-corrected chi connectivity index (χ4v) is 4.11. The molecular formula is C16H24N2O2S. The van der Waals surface area contributed by atoms with Crippen molar-refractivity contribution in [3.05, 3.63) is 23.7 Å². The van der Waals surface area contributed by atoms with Crippen molar-refractivity contribution in [3.8, 4) is 0 Å². The molecule has 0 bridgehead atoms. The Bertz CT molecular complexity index is 463. The van der Waals surface area contributed by atoms with Gasteiger partial charge in [-0.05, 0) is 56.7 Å². The van der Waals surface area contributed by atoms with E-state index in [1.165, 1.54) is 31.4 Å². The third-order valence-corrected chi connectivity index (χ3v) is 5.42. The van der Waals surface area contributed by atoms with Crippen molar-refractivity contribution >= 4 is 17.7 Å². The smallest absolute Gasteiger partial charge is 0.287 e. The summed E-state index contributed by atoms with van der Waals surface area (Å²) in [5.74, 6) is 3.53. The van der Waals surface area contributed by atoms with Crippen LogP contribution in [-0.2, 0) is 6.54 Å². The van der Waals surface area contributed by atoms with Crippen molar-refractivity contribution in [3.63, 3.8) is 0 Å². The number of carbonyl (C=O) groups excluding carboxylic acids is 1. The zero-order valence-electron chi connectivity index (χ0n) is 12.5. The predicted molar refractivity (Wildman–Crippen MR) is 85.6 cm³/mol. The van der Waals surface area contributed by atoms with Gasteiger partial charge in [-0.25, -0.2) is 0 Å². The highest BCUT2D eigenvalue weighted by molar-refractivity contribution is 7.99. The monoisotopic (exact) mass is 308 g/mol. The Hall–Kier alpha value is -0.940. The molecule has 4 nitrogen and oxygen atoms in total. The molecule has 3 rings (SSSR count). The summed E-state index contributed by atoms with van der Waals surface area (Å²) in [4.78, 5) is 14.6. The molecule has 1 amide bonds. The Balaban J connectivity index is 1.52. The minimum atomic E-state index is -0.0626. The van der Waals surface area contributed by atoms with Crippen LogP contribution in [-0.4, -0.2) is 41.4 Å². The van der Waals surface area contributed by atoms with Crippen molar-refractivity contribution < 1.29 is 9.21 Å². The van der Waals surface area contributed by atoms with Gasteiger partial charge >= 0.3 is 0 Å². The molecule has 1 aromatic rings. The Morgan fingerprint density at radius 3 is 2.90 bits per heavy atom. The van der Waals surface area contributed by atoms with Crippen LogP contribution in [0, 0.1) is 0 Å². The summed E-state index contributed by atoms with van der Waals surface area (Å²) >= 11 is 1.92. The molecule has 21 heavy (non-hydrogen) atoms. The van der Waals surface area contributed by atoms with E-state index in [0.29, 0.717) is 11.8 Å². The first-order valence-corrected chi connectivity index (χ1v) is 9.16. The number of carbonyl (C=O) groups is 1. The largest absolute Gasteiger partial charge is 0.455 e. The van der Waals surface area contributed by atoms with Gasteiger partial charge in [0, 0.05) is 11.8 Å². The number of likely N-dealkylation sites (tertiary alicyclic amines) is 1. The van der Waals surface area contributed by atoms with E-state index >= 15 is 0 Å². The molecule has 0 aromatic carbocycles. The molecule has 0 saturated carbocycles. The van der Waals surface area contributed by atoms with Crippen LogP contribution in [0.15, 0.2) is 16.5 Å². The molecule has 5 heteroatoms. The highest BCUT2D eigenvalue weighted by atomic mass is 32.2. The number of nitrogens with zero attached hydrogens (tertiary/aromatic N) is 1.